The van der Waals surface area contributed by atoms with E-state index in [0.717, 1.165) is 0 Å². The number of benzene rings is 1. The molecule has 0 heteroatoms. The number of unbranched alkanes of at least 4 members (excludes halogenated alkanes) is 8. The van der Waals surface area contributed by atoms with Gasteiger partial charge < -0.3 is 0 Å². The van der Waals surface area contributed by atoms with Crippen LogP contribution >= 0.6 is 0 Å². The summed E-state index contributed by atoms with van der Waals surface area (Å²) in [6.07, 6.45) is 16.0. The van der Waals surface area contributed by atoms with Crippen molar-refractivity contribution in [2.45, 2.75) is 84.0 Å². The maximum atomic E-state index is 3.93. The molecule has 118 valence electrons. The summed E-state index contributed by atoms with van der Waals surface area (Å²) in [6.45, 7) is 8.56. The quantitative estimate of drug-likeness (QED) is 0.352. The topological polar surface area (TPSA) is 0 Å². The van der Waals surface area contributed by atoms with Gasteiger partial charge in [-0.05, 0) is 23.5 Å². The van der Waals surface area contributed by atoms with E-state index in [9.17, 15) is 0 Å². The van der Waals surface area contributed by atoms with Gasteiger partial charge in [-0.2, -0.15) is 0 Å². The highest BCUT2D eigenvalue weighted by Crippen LogP contribution is 2.26. The second-order valence-electron chi connectivity index (χ2n) is 6.35. The summed E-state index contributed by atoms with van der Waals surface area (Å²) in [5, 5.41) is 0. The highest BCUT2D eigenvalue weighted by Gasteiger charge is 2.07. The molecule has 1 atom stereocenters. The van der Waals surface area contributed by atoms with Crippen LogP contribution in [0.1, 0.15) is 95.1 Å². The molecule has 1 rings (SSSR count). The summed E-state index contributed by atoms with van der Waals surface area (Å²) in [6, 6.07) is 8.69. The van der Waals surface area contributed by atoms with Crippen LogP contribution in [0.2, 0.25) is 0 Å². The first-order valence-electron chi connectivity index (χ1n) is 9.01. The van der Waals surface area contributed by atoms with E-state index < -0.39 is 0 Å². The van der Waals surface area contributed by atoms with Gasteiger partial charge in [0.15, 0.2) is 0 Å². The SMILES string of the molecule is C=Cc1ccccc1C(C)CCCCCCCCCCC. The molecule has 0 amide bonds. The largest absolute Gasteiger partial charge is 0.0985 e. The van der Waals surface area contributed by atoms with Gasteiger partial charge in [0.1, 0.15) is 0 Å². The van der Waals surface area contributed by atoms with E-state index in [1.807, 2.05) is 6.08 Å². The predicted octanol–water partition coefficient (Wildman–Crippen LogP) is 7.35. The zero-order valence-corrected chi connectivity index (χ0v) is 14.2. The lowest BCUT2D eigenvalue weighted by Gasteiger charge is -2.14. The molecule has 0 radical (unpaired) electrons. The van der Waals surface area contributed by atoms with E-state index in [4.69, 9.17) is 0 Å². The molecule has 0 fully saturated rings. The normalized spacial score (nSPS) is 12.3. The molecule has 0 bridgehead atoms. The Kier molecular flexibility index (Phi) is 9.95. The summed E-state index contributed by atoms with van der Waals surface area (Å²) in [4.78, 5) is 0. The molecule has 0 aliphatic heterocycles. The minimum absolute atomic E-state index is 0.656. The third kappa shape index (κ3) is 7.50. The van der Waals surface area contributed by atoms with E-state index in [1.165, 1.54) is 75.3 Å². The van der Waals surface area contributed by atoms with Crippen LogP contribution in [-0.2, 0) is 0 Å². The Bertz CT molecular complexity index is 377. The van der Waals surface area contributed by atoms with E-state index in [-0.39, 0.29) is 0 Å². The summed E-state index contributed by atoms with van der Waals surface area (Å²) < 4.78 is 0. The van der Waals surface area contributed by atoms with Crippen LogP contribution in [0.4, 0.5) is 0 Å². The Labute approximate surface area is 132 Å². The Morgan fingerprint density at radius 2 is 1.48 bits per heavy atom. The summed E-state index contributed by atoms with van der Waals surface area (Å²) in [5.41, 5.74) is 2.77. The summed E-state index contributed by atoms with van der Waals surface area (Å²) in [5.74, 6) is 0.656. The van der Waals surface area contributed by atoms with Crippen molar-refractivity contribution in [1.29, 1.82) is 0 Å². The van der Waals surface area contributed by atoms with Crippen LogP contribution in [0.3, 0.4) is 0 Å². The summed E-state index contributed by atoms with van der Waals surface area (Å²) in [7, 11) is 0. The van der Waals surface area contributed by atoms with Crippen molar-refractivity contribution in [1.82, 2.24) is 0 Å². The first-order chi connectivity index (χ1) is 10.3. The molecular formula is C21H34. The van der Waals surface area contributed by atoms with Crippen molar-refractivity contribution < 1.29 is 0 Å². The zero-order valence-electron chi connectivity index (χ0n) is 14.2. The third-order valence-corrected chi connectivity index (χ3v) is 4.49. The Morgan fingerprint density at radius 1 is 0.905 bits per heavy atom. The minimum atomic E-state index is 0.656. The first-order valence-corrected chi connectivity index (χ1v) is 9.01. The lowest BCUT2D eigenvalue weighted by molar-refractivity contribution is 0.538. The maximum absolute atomic E-state index is 3.93. The molecule has 21 heavy (non-hydrogen) atoms. The molecule has 0 aliphatic rings. The molecule has 1 aromatic carbocycles. The van der Waals surface area contributed by atoms with Crippen LogP contribution in [0.15, 0.2) is 30.8 Å². The minimum Gasteiger partial charge on any atom is -0.0985 e. The van der Waals surface area contributed by atoms with Gasteiger partial charge in [0.05, 0.1) is 0 Å². The first kappa shape index (κ1) is 18.0. The molecule has 0 saturated carbocycles. The fraction of sp³-hybridized carbons (Fsp3) is 0.619. The fourth-order valence-corrected chi connectivity index (χ4v) is 3.06. The monoisotopic (exact) mass is 286 g/mol. The zero-order chi connectivity index (χ0) is 15.3. The lowest BCUT2D eigenvalue weighted by Crippen LogP contribution is -1.96. The molecule has 0 nitrogen and oxygen atoms in total. The Hall–Kier alpha value is -1.04. The third-order valence-electron chi connectivity index (χ3n) is 4.49. The molecule has 1 aromatic rings. The van der Waals surface area contributed by atoms with E-state index in [1.54, 1.807) is 0 Å². The van der Waals surface area contributed by atoms with Gasteiger partial charge >= 0.3 is 0 Å². The van der Waals surface area contributed by atoms with Crippen LogP contribution in [-0.4, -0.2) is 0 Å². The highest BCUT2D eigenvalue weighted by molar-refractivity contribution is 5.52. The average Bonchev–Trinajstić information content (AvgIpc) is 2.53. The van der Waals surface area contributed by atoms with Crippen molar-refractivity contribution >= 4 is 6.08 Å². The van der Waals surface area contributed by atoms with Crippen molar-refractivity contribution in [2.75, 3.05) is 0 Å². The van der Waals surface area contributed by atoms with Gasteiger partial charge in [0.2, 0.25) is 0 Å². The molecule has 0 aliphatic carbocycles. The van der Waals surface area contributed by atoms with Crippen molar-refractivity contribution in [3.63, 3.8) is 0 Å². The van der Waals surface area contributed by atoms with Gasteiger partial charge in [-0.1, -0.05) is 109 Å². The average molecular weight is 287 g/mol. The molecule has 0 aromatic heterocycles. The molecule has 1 unspecified atom stereocenters. The Balaban J connectivity index is 2.11. The van der Waals surface area contributed by atoms with Gasteiger partial charge in [0, 0.05) is 0 Å². The molecule has 0 N–H and O–H groups in total. The van der Waals surface area contributed by atoms with Gasteiger partial charge in [-0.3, -0.25) is 0 Å². The van der Waals surface area contributed by atoms with Gasteiger partial charge in [-0.15, -0.1) is 0 Å². The van der Waals surface area contributed by atoms with Crippen LogP contribution in [0, 0.1) is 0 Å². The van der Waals surface area contributed by atoms with Crippen LogP contribution in [0.25, 0.3) is 6.08 Å². The Morgan fingerprint density at radius 3 is 2.10 bits per heavy atom. The van der Waals surface area contributed by atoms with Crippen molar-refractivity contribution in [2.24, 2.45) is 0 Å². The van der Waals surface area contributed by atoms with Crippen molar-refractivity contribution in [3.8, 4) is 0 Å². The fourth-order valence-electron chi connectivity index (χ4n) is 3.06. The second-order valence-corrected chi connectivity index (χ2v) is 6.35. The number of rotatable bonds is 12. The standard InChI is InChI=1S/C21H34/c1-4-6-7-8-9-10-11-12-13-16-19(3)21-18-15-14-17-20(21)5-2/h5,14-15,17-19H,2,4,6-13,16H2,1,3H3. The van der Waals surface area contributed by atoms with Gasteiger partial charge in [-0.25, -0.2) is 0 Å². The molecule has 0 spiro atoms. The number of hydrogen-bond acceptors (Lipinski definition) is 0. The van der Waals surface area contributed by atoms with E-state index in [2.05, 4.69) is 44.7 Å². The maximum Gasteiger partial charge on any atom is -0.0184 e. The van der Waals surface area contributed by atoms with E-state index >= 15 is 0 Å². The number of hydrogen-bond donors (Lipinski definition) is 0. The lowest BCUT2D eigenvalue weighted by atomic mass is 9.91. The van der Waals surface area contributed by atoms with E-state index in [0.29, 0.717) is 5.92 Å². The van der Waals surface area contributed by atoms with Crippen LogP contribution in [0.5, 0.6) is 0 Å². The molecular weight excluding hydrogens is 252 g/mol. The smallest absolute Gasteiger partial charge is 0.0184 e. The molecule has 0 saturated heterocycles. The van der Waals surface area contributed by atoms with Gasteiger partial charge in [0.25, 0.3) is 0 Å². The predicted molar refractivity (Wildman–Crippen MR) is 96.8 cm³/mol. The summed E-state index contributed by atoms with van der Waals surface area (Å²) >= 11 is 0. The molecule has 0 heterocycles. The van der Waals surface area contributed by atoms with Crippen molar-refractivity contribution in [3.05, 3.63) is 42.0 Å². The highest BCUT2D eigenvalue weighted by atomic mass is 14.1. The van der Waals surface area contributed by atoms with Crippen LogP contribution < -0.4 is 0 Å². The second kappa shape index (κ2) is 11.6.